The van der Waals surface area contributed by atoms with Crippen LogP contribution in [0.5, 0.6) is 0 Å². The molecule has 0 radical (unpaired) electrons. The Bertz CT molecular complexity index is 1340. The average molecular weight is 412 g/mol. The number of anilines is 1. The molecule has 3 aromatic carbocycles. The highest BCUT2D eigenvalue weighted by Gasteiger charge is 2.15. The molecule has 0 aliphatic rings. The molecular formula is C24H18ClN5. The smallest absolute Gasteiger partial charge is 0.135 e. The van der Waals surface area contributed by atoms with Crippen molar-refractivity contribution in [1.82, 2.24) is 19.7 Å². The van der Waals surface area contributed by atoms with Gasteiger partial charge < -0.3 is 5.73 Å². The summed E-state index contributed by atoms with van der Waals surface area (Å²) in [5.41, 5.74) is 10.7. The van der Waals surface area contributed by atoms with E-state index in [9.17, 15) is 0 Å². The van der Waals surface area contributed by atoms with Crippen LogP contribution in [0.1, 0.15) is 5.56 Å². The van der Waals surface area contributed by atoms with E-state index in [1.165, 1.54) is 22.7 Å². The summed E-state index contributed by atoms with van der Waals surface area (Å²) in [6, 6.07) is 22.3. The summed E-state index contributed by atoms with van der Waals surface area (Å²) in [5.74, 6) is 0.421. The third-order valence-corrected chi connectivity index (χ3v) is 5.33. The molecule has 5 aromatic rings. The van der Waals surface area contributed by atoms with Gasteiger partial charge in [0.2, 0.25) is 0 Å². The van der Waals surface area contributed by atoms with Crippen molar-refractivity contribution in [2.45, 2.75) is 6.54 Å². The Labute approximate surface area is 178 Å². The summed E-state index contributed by atoms with van der Waals surface area (Å²) >= 11 is 6.04. The van der Waals surface area contributed by atoms with E-state index in [0.717, 1.165) is 22.4 Å². The summed E-state index contributed by atoms with van der Waals surface area (Å²) in [6.45, 7) is 0.668. The van der Waals surface area contributed by atoms with Crippen molar-refractivity contribution < 1.29 is 0 Å². The van der Waals surface area contributed by atoms with Crippen molar-refractivity contribution in [2.75, 3.05) is 5.73 Å². The van der Waals surface area contributed by atoms with Crippen LogP contribution in [0.15, 0.2) is 85.5 Å². The topological polar surface area (TPSA) is 69.6 Å². The molecule has 0 spiro atoms. The van der Waals surface area contributed by atoms with Crippen molar-refractivity contribution >= 4 is 28.2 Å². The molecule has 0 unspecified atom stereocenters. The minimum absolute atomic E-state index is 0.421. The average Bonchev–Trinajstić information content (AvgIpc) is 3.23. The monoisotopic (exact) mass is 411 g/mol. The first kappa shape index (κ1) is 18.3. The molecular weight excluding hydrogens is 394 g/mol. The number of aromatic nitrogens is 4. The Morgan fingerprint density at radius 1 is 0.867 bits per heavy atom. The van der Waals surface area contributed by atoms with Crippen LogP contribution in [0, 0.1) is 0 Å². The lowest BCUT2D eigenvalue weighted by Gasteiger charge is -2.09. The lowest BCUT2D eigenvalue weighted by Crippen LogP contribution is -2.00. The molecule has 5 nitrogen and oxygen atoms in total. The number of halogens is 1. The predicted molar refractivity (Wildman–Crippen MR) is 121 cm³/mol. The number of nitrogens with zero attached hydrogens (tertiary/aromatic N) is 4. The maximum Gasteiger partial charge on any atom is 0.135 e. The van der Waals surface area contributed by atoms with Gasteiger partial charge in [0.15, 0.2) is 0 Å². The van der Waals surface area contributed by atoms with Crippen LogP contribution in [-0.2, 0) is 6.54 Å². The molecule has 2 N–H and O–H groups in total. The lowest BCUT2D eigenvalue weighted by atomic mass is 10.0. The van der Waals surface area contributed by atoms with Gasteiger partial charge in [0, 0.05) is 16.8 Å². The van der Waals surface area contributed by atoms with E-state index in [1.807, 2.05) is 47.4 Å². The highest BCUT2D eigenvalue weighted by atomic mass is 35.5. The van der Waals surface area contributed by atoms with Gasteiger partial charge >= 0.3 is 0 Å². The molecule has 5 rings (SSSR count). The second kappa shape index (κ2) is 7.61. The zero-order valence-corrected chi connectivity index (χ0v) is 16.8. The molecule has 0 aliphatic carbocycles. The normalized spacial score (nSPS) is 11.1. The van der Waals surface area contributed by atoms with Crippen LogP contribution in [0.25, 0.3) is 33.2 Å². The van der Waals surface area contributed by atoms with Gasteiger partial charge in [0.25, 0.3) is 0 Å². The third-order valence-electron chi connectivity index (χ3n) is 5.07. The molecule has 0 amide bonds. The summed E-state index contributed by atoms with van der Waals surface area (Å²) < 4.78 is 1.91. The number of benzene rings is 3. The molecule has 2 heterocycles. The SMILES string of the molecule is Nc1ncnc(-c2cnn(Cc3ccc4ccccc4c3)c2)c1-c1ccc(Cl)cc1. The minimum atomic E-state index is 0.421. The van der Waals surface area contributed by atoms with Crippen molar-refractivity contribution in [3.05, 3.63) is 96.0 Å². The molecule has 0 bridgehead atoms. The minimum Gasteiger partial charge on any atom is -0.383 e. The van der Waals surface area contributed by atoms with Gasteiger partial charge in [-0.3, -0.25) is 4.68 Å². The highest BCUT2D eigenvalue weighted by Crippen LogP contribution is 2.34. The Morgan fingerprint density at radius 2 is 1.67 bits per heavy atom. The van der Waals surface area contributed by atoms with E-state index < -0.39 is 0 Å². The zero-order valence-electron chi connectivity index (χ0n) is 16.0. The maximum absolute atomic E-state index is 6.20. The van der Waals surface area contributed by atoms with Crippen molar-refractivity contribution in [3.8, 4) is 22.4 Å². The van der Waals surface area contributed by atoms with Crippen LogP contribution in [0.3, 0.4) is 0 Å². The van der Waals surface area contributed by atoms with Crippen LogP contribution >= 0.6 is 11.6 Å². The Morgan fingerprint density at radius 3 is 2.50 bits per heavy atom. The van der Waals surface area contributed by atoms with E-state index in [1.54, 1.807) is 0 Å². The molecule has 0 fully saturated rings. The molecule has 2 aromatic heterocycles. The van der Waals surface area contributed by atoms with Gasteiger partial charge in [-0.15, -0.1) is 0 Å². The number of rotatable bonds is 4. The van der Waals surface area contributed by atoms with Crippen LogP contribution in [-0.4, -0.2) is 19.7 Å². The van der Waals surface area contributed by atoms with Gasteiger partial charge in [-0.25, -0.2) is 9.97 Å². The summed E-state index contributed by atoms with van der Waals surface area (Å²) in [6.07, 6.45) is 5.27. The molecule has 6 heteroatoms. The van der Waals surface area contributed by atoms with Gasteiger partial charge in [0.1, 0.15) is 12.1 Å². The Balaban J connectivity index is 1.49. The number of hydrogen-bond donors (Lipinski definition) is 1. The zero-order chi connectivity index (χ0) is 20.5. The van der Waals surface area contributed by atoms with Crippen molar-refractivity contribution in [2.24, 2.45) is 0 Å². The standard InChI is InChI=1S/C24H18ClN5/c25-21-9-7-18(8-10-21)22-23(27-15-28-24(22)26)20-12-29-30(14-20)13-16-5-6-17-3-1-2-4-19(17)11-16/h1-12,14-15H,13H2,(H2,26,27,28). The van der Waals surface area contributed by atoms with E-state index in [4.69, 9.17) is 17.3 Å². The molecule has 0 atom stereocenters. The highest BCUT2D eigenvalue weighted by molar-refractivity contribution is 6.30. The van der Waals surface area contributed by atoms with Gasteiger partial charge in [-0.2, -0.15) is 5.10 Å². The van der Waals surface area contributed by atoms with E-state index in [2.05, 4.69) is 51.5 Å². The van der Waals surface area contributed by atoms with Crippen molar-refractivity contribution in [1.29, 1.82) is 0 Å². The first-order chi connectivity index (χ1) is 14.7. The van der Waals surface area contributed by atoms with Gasteiger partial charge in [-0.05, 0) is 40.1 Å². The Kier molecular flexibility index (Phi) is 4.65. The molecule has 146 valence electrons. The third kappa shape index (κ3) is 3.51. The first-order valence-corrected chi connectivity index (χ1v) is 9.92. The quantitative estimate of drug-likeness (QED) is 0.427. The van der Waals surface area contributed by atoms with Gasteiger partial charge in [0.05, 0.1) is 24.0 Å². The van der Waals surface area contributed by atoms with Crippen LogP contribution < -0.4 is 5.73 Å². The molecule has 0 saturated carbocycles. The summed E-state index contributed by atoms with van der Waals surface area (Å²) in [5, 5.41) is 7.65. The first-order valence-electron chi connectivity index (χ1n) is 9.54. The fourth-order valence-electron chi connectivity index (χ4n) is 3.62. The van der Waals surface area contributed by atoms with E-state index in [0.29, 0.717) is 17.4 Å². The fraction of sp³-hybridized carbons (Fsp3) is 0.0417. The number of hydrogen-bond acceptors (Lipinski definition) is 4. The molecule has 0 saturated heterocycles. The fourth-order valence-corrected chi connectivity index (χ4v) is 3.74. The molecule has 30 heavy (non-hydrogen) atoms. The van der Waals surface area contributed by atoms with Crippen LogP contribution in [0.2, 0.25) is 5.02 Å². The predicted octanol–water partition coefficient (Wildman–Crippen LogP) is 5.44. The maximum atomic E-state index is 6.20. The van der Waals surface area contributed by atoms with E-state index in [-0.39, 0.29) is 0 Å². The van der Waals surface area contributed by atoms with Gasteiger partial charge in [-0.1, -0.05) is 60.1 Å². The number of nitrogen functional groups attached to an aromatic ring is 1. The second-order valence-electron chi connectivity index (χ2n) is 7.10. The van der Waals surface area contributed by atoms with E-state index >= 15 is 0 Å². The van der Waals surface area contributed by atoms with Crippen LogP contribution in [0.4, 0.5) is 5.82 Å². The van der Waals surface area contributed by atoms with Crippen molar-refractivity contribution in [3.63, 3.8) is 0 Å². The second-order valence-corrected chi connectivity index (χ2v) is 7.53. The number of fused-ring (bicyclic) bond motifs is 1. The Hall–Kier alpha value is -3.70. The summed E-state index contributed by atoms with van der Waals surface area (Å²) in [4.78, 5) is 8.67. The lowest BCUT2D eigenvalue weighted by molar-refractivity contribution is 0.687. The molecule has 0 aliphatic heterocycles. The number of nitrogens with two attached hydrogens (primary N) is 1. The largest absolute Gasteiger partial charge is 0.383 e. The summed E-state index contributed by atoms with van der Waals surface area (Å²) in [7, 11) is 0.